The molecule has 0 spiro atoms. The van der Waals surface area contributed by atoms with Gasteiger partial charge >= 0.3 is 5.97 Å². The molecule has 1 aromatic heterocycles. The monoisotopic (exact) mass is 502 g/mol. The van der Waals surface area contributed by atoms with Crippen LogP contribution in [0.15, 0.2) is 48.5 Å². The lowest BCUT2D eigenvalue weighted by molar-refractivity contribution is -0.383. The summed E-state index contributed by atoms with van der Waals surface area (Å²) in [5.41, 5.74) is 2.77. The minimum absolute atomic E-state index is 0.0526. The van der Waals surface area contributed by atoms with Gasteiger partial charge in [-0.1, -0.05) is 41.4 Å². The van der Waals surface area contributed by atoms with Crippen LogP contribution in [0.5, 0.6) is 0 Å². The van der Waals surface area contributed by atoms with Crippen LogP contribution in [0.3, 0.4) is 0 Å². The number of esters is 1. The average molecular weight is 503 g/mol. The number of hydrogen-bond acceptors (Lipinski definition) is 6. The number of amides is 1. The predicted molar refractivity (Wildman–Crippen MR) is 129 cm³/mol. The number of anilines is 1. The highest BCUT2D eigenvalue weighted by atomic mass is 35.5. The molecule has 2 aromatic carbocycles. The smallest absolute Gasteiger partial charge is 0.331 e. The van der Waals surface area contributed by atoms with Crippen molar-refractivity contribution in [1.82, 2.24) is 9.78 Å². The topological polar surface area (TPSA) is 116 Å². The molecule has 0 aliphatic heterocycles. The first-order valence-electron chi connectivity index (χ1n) is 10.0. The molecule has 9 nitrogen and oxygen atoms in total. The van der Waals surface area contributed by atoms with E-state index in [-0.39, 0.29) is 16.4 Å². The number of aromatic nitrogens is 2. The molecule has 11 heteroatoms. The molecule has 0 saturated heterocycles. The highest BCUT2D eigenvalue weighted by Gasteiger charge is 2.17. The van der Waals surface area contributed by atoms with Gasteiger partial charge in [0.2, 0.25) is 0 Å². The molecule has 1 amide bonds. The van der Waals surface area contributed by atoms with Gasteiger partial charge in [-0.3, -0.25) is 19.6 Å². The molecule has 3 aromatic rings. The third kappa shape index (κ3) is 6.21. The zero-order chi connectivity index (χ0) is 24.8. The van der Waals surface area contributed by atoms with Crippen LogP contribution in [-0.2, 0) is 20.9 Å². The van der Waals surface area contributed by atoms with Crippen LogP contribution in [0, 0.1) is 24.0 Å². The maximum Gasteiger partial charge on any atom is 0.331 e. The van der Waals surface area contributed by atoms with Crippen LogP contribution in [0.1, 0.15) is 22.5 Å². The van der Waals surface area contributed by atoms with E-state index in [9.17, 15) is 19.7 Å². The van der Waals surface area contributed by atoms with E-state index in [0.29, 0.717) is 17.3 Å². The summed E-state index contributed by atoms with van der Waals surface area (Å²) < 4.78 is 6.73. The number of aryl methyl sites for hydroxylation is 1. The van der Waals surface area contributed by atoms with Crippen molar-refractivity contribution in [2.45, 2.75) is 20.4 Å². The Labute approximate surface area is 205 Å². The number of nitrogens with zero attached hydrogens (tertiary/aromatic N) is 3. The molecule has 0 fully saturated rings. The van der Waals surface area contributed by atoms with Crippen LogP contribution in [0.4, 0.5) is 11.4 Å². The average Bonchev–Trinajstić information content (AvgIpc) is 3.05. The van der Waals surface area contributed by atoms with E-state index in [2.05, 4.69) is 10.4 Å². The maximum absolute atomic E-state index is 12.1. The predicted octanol–water partition coefficient (Wildman–Crippen LogP) is 4.96. The third-order valence-corrected chi connectivity index (χ3v) is 5.48. The van der Waals surface area contributed by atoms with Crippen molar-refractivity contribution in [2.24, 2.45) is 0 Å². The fraction of sp³-hybridized carbons (Fsp3) is 0.174. The van der Waals surface area contributed by atoms with Gasteiger partial charge in [-0.15, -0.1) is 0 Å². The first-order valence-corrected chi connectivity index (χ1v) is 10.8. The molecular formula is C23H20Cl2N4O5. The van der Waals surface area contributed by atoms with Crippen LogP contribution in [-0.4, -0.2) is 33.2 Å². The Hall–Kier alpha value is -3.69. The molecule has 0 atom stereocenters. The summed E-state index contributed by atoms with van der Waals surface area (Å²) in [6.07, 6.45) is 2.75. The number of carbonyl (C=O) groups excluding carboxylic acids is 2. The van der Waals surface area contributed by atoms with Gasteiger partial charge in [0.1, 0.15) is 5.69 Å². The maximum atomic E-state index is 12.1. The molecule has 0 radical (unpaired) electrons. The molecule has 176 valence electrons. The fourth-order valence-corrected chi connectivity index (χ4v) is 3.54. The summed E-state index contributed by atoms with van der Waals surface area (Å²) in [5.74, 6) is -1.48. The molecule has 0 aliphatic carbocycles. The van der Waals surface area contributed by atoms with Crippen molar-refractivity contribution in [3.63, 3.8) is 0 Å². The van der Waals surface area contributed by atoms with Gasteiger partial charge in [-0.05, 0) is 43.7 Å². The van der Waals surface area contributed by atoms with Gasteiger partial charge in [-0.2, -0.15) is 5.10 Å². The number of halogens is 2. The van der Waals surface area contributed by atoms with E-state index in [4.69, 9.17) is 27.9 Å². The molecule has 1 heterocycles. The van der Waals surface area contributed by atoms with Crippen molar-refractivity contribution >= 4 is 52.5 Å². The highest BCUT2D eigenvalue weighted by Crippen LogP contribution is 2.27. The van der Waals surface area contributed by atoms with Gasteiger partial charge in [0.25, 0.3) is 11.6 Å². The summed E-state index contributed by atoms with van der Waals surface area (Å²) in [5, 5.41) is 18.7. The van der Waals surface area contributed by atoms with Crippen molar-refractivity contribution in [2.75, 3.05) is 11.9 Å². The number of hydrogen-bond donors (Lipinski definition) is 1. The Morgan fingerprint density at radius 2 is 1.94 bits per heavy atom. The fourth-order valence-electron chi connectivity index (χ4n) is 3.18. The van der Waals surface area contributed by atoms with Crippen molar-refractivity contribution in [3.8, 4) is 0 Å². The van der Waals surface area contributed by atoms with Crippen LogP contribution >= 0.6 is 23.2 Å². The molecular weight excluding hydrogens is 483 g/mol. The number of benzene rings is 2. The summed E-state index contributed by atoms with van der Waals surface area (Å²) in [7, 11) is 0. The third-order valence-electron chi connectivity index (χ3n) is 4.88. The first kappa shape index (κ1) is 24.9. The lowest BCUT2D eigenvalue weighted by Crippen LogP contribution is -2.20. The lowest BCUT2D eigenvalue weighted by Gasteiger charge is -2.07. The largest absolute Gasteiger partial charge is 0.452 e. The zero-order valence-corrected chi connectivity index (χ0v) is 19.8. The molecule has 34 heavy (non-hydrogen) atoms. The Morgan fingerprint density at radius 3 is 2.65 bits per heavy atom. The molecule has 3 rings (SSSR count). The first-order chi connectivity index (χ1) is 16.2. The van der Waals surface area contributed by atoms with E-state index in [1.807, 2.05) is 32.0 Å². The molecule has 0 bridgehead atoms. The molecule has 0 aliphatic rings. The summed E-state index contributed by atoms with van der Waals surface area (Å²) in [6.45, 7) is 3.54. The lowest BCUT2D eigenvalue weighted by atomic mass is 10.1. The second kappa shape index (κ2) is 11.0. The minimum Gasteiger partial charge on any atom is -0.452 e. The van der Waals surface area contributed by atoms with E-state index in [0.717, 1.165) is 22.9 Å². The van der Waals surface area contributed by atoms with Gasteiger partial charge in [0, 0.05) is 33.4 Å². The van der Waals surface area contributed by atoms with E-state index in [1.165, 1.54) is 18.2 Å². The number of carbonyl (C=O) groups is 2. The molecule has 1 N–H and O–H groups in total. The minimum atomic E-state index is -0.751. The van der Waals surface area contributed by atoms with Crippen LogP contribution in [0.25, 0.3) is 6.08 Å². The van der Waals surface area contributed by atoms with Crippen LogP contribution < -0.4 is 5.32 Å². The van der Waals surface area contributed by atoms with E-state index < -0.39 is 23.4 Å². The summed E-state index contributed by atoms with van der Waals surface area (Å²) >= 11 is 12.0. The van der Waals surface area contributed by atoms with E-state index >= 15 is 0 Å². The van der Waals surface area contributed by atoms with Gasteiger partial charge in [0.05, 0.1) is 17.2 Å². The van der Waals surface area contributed by atoms with E-state index in [1.54, 1.807) is 16.8 Å². The number of ether oxygens (including phenoxy) is 1. The molecule has 0 saturated carbocycles. The van der Waals surface area contributed by atoms with Gasteiger partial charge < -0.3 is 10.1 Å². The van der Waals surface area contributed by atoms with Gasteiger partial charge in [-0.25, -0.2) is 4.79 Å². The SMILES string of the molecule is Cc1nn(Cc2ccccc2Cl)c(C)c1C=CC(=O)OCC(=O)Nc1ccc(Cl)cc1[N+](=O)[O-]. The van der Waals surface area contributed by atoms with Crippen molar-refractivity contribution in [3.05, 3.63) is 91.2 Å². The quantitative estimate of drug-likeness (QED) is 0.201. The number of rotatable bonds is 8. The Morgan fingerprint density at radius 1 is 1.21 bits per heavy atom. The highest BCUT2D eigenvalue weighted by molar-refractivity contribution is 6.31. The normalized spacial score (nSPS) is 10.9. The van der Waals surface area contributed by atoms with Crippen LogP contribution in [0.2, 0.25) is 10.0 Å². The Kier molecular flexibility index (Phi) is 8.04. The second-order valence-corrected chi connectivity index (χ2v) is 8.08. The van der Waals surface area contributed by atoms with Gasteiger partial charge in [0.15, 0.2) is 6.61 Å². The number of nitro groups is 1. The number of nitrogens with one attached hydrogen (secondary N) is 1. The zero-order valence-electron chi connectivity index (χ0n) is 18.2. The van der Waals surface area contributed by atoms with Crippen molar-refractivity contribution < 1.29 is 19.2 Å². The summed E-state index contributed by atoms with van der Waals surface area (Å²) in [4.78, 5) is 34.6. The Bertz CT molecular complexity index is 1290. The second-order valence-electron chi connectivity index (χ2n) is 7.24. The summed E-state index contributed by atoms with van der Waals surface area (Å²) in [6, 6.07) is 11.3. The Balaban J connectivity index is 1.60. The molecule has 0 unspecified atom stereocenters. The standard InChI is InChI=1S/C23H20Cl2N4O5/c1-14-18(15(2)28(27-14)12-16-5-3-4-6-19(16)25)8-10-23(31)34-13-22(30)26-20-9-7-17(24)11-21(20)29(32)33/h3-11H,12-13H2,1-2H3,(H,26,30). The van der Waals surface area contributed by atoms with Crippen molar-refractivity contribution in [1.29, 1.82) is 0 Å². The number of nitro benzene ring substituents is 1.